The first-order valence-electron chi connectivity index (χ1n) is 11.7. The number of nitrogens with two attached hydrogens (primary N) is 2. The molecule has 0 bridgehead atoms. The van der Waals surface area contributed by atoms with Gasteiger partial charge in [0.15, 0.2) is 0 Å². The second-order valence-corrected chi connectivity index (χ2v) is 23.7. The fourth-order valence-electron chi connectivity index (χ4n) is 2.19. The van der Waals surface area contributed by atoms with E-state index < -0.39 is 36.0 Å². The smallest absolute Gasteiger partial charge is 0.335 e. The molecule has 2 aromatic carbocycles. The summed E-state index contributed by atoms with van der Waals surface area (Å²) < 4.78 is 0. The number of halogens is 6. The summed E-state index contributed by atoms with van der Waals surface area (Å²) in [6, 6.07) is 15.0. The van der Waals surface area contributed by atoms with Crippen molar-refractivity contribution in [1.82, 2.24) is 0 Å². The third-order valence-electron chi connectivity index (χ3n) is 4.30. The minimum Gasteiger partial charge on any atom is -0.545 e. The van der Waals surface area contributed by atoms with Gasteiger partial charge in [0.05, 0.1) is 18.1 Å². The van der Waals surface area contributed by atoms with E-state index in [0.29, 0.717) is 31.7 Å². The summed E-state index contributed by atoms with van der Waals surface area (Å²) in [5.41, 5.74) is 14.5. The molecule has 0 aliphatic rings. The quantitative estimate of drug-likeness (QED) is 0.188. The number of hydrogen-bond donors (Lipinski definition) is 6. The predicted octanol–water partition coefficient (Wildman–Crippen LogP) is 1.61. The number of quaternary nitrogens is 1. The molecule has 2 aromatic rings. The van der Waals surface area contributed by atoms with Crippen LogP contribution in [0.1, 0.15) is 59.7 Å². The first kappa shape index (κ1) is 57.0. The number of benzene rings is 2. The molecule has 18 heteroatoms. The maximum atomic E-state index is 10.2. The average molecular weight is 1360 g/mol. The zero-order valence-electron chi connectivity index (χ0n) is 23.3. The maximum Gasteiger partial charge on any atom is 0.335 e. The molecule has 43 heavy (non-hydrogen) atoms. The molecule has 11 nitrogen and oxygen atoms in total. The van der Waals surface area contributed by atoms with Crippen LogP contribution in [0.2, 0.25) is 0 Å². The monoisotopic (exact) mass is 1360 g/mol. The molecule has 2 rings (SSSR count). The van der Waals surface area contributed by atoms with E-state index in [0.717, 1.165) is 25.8 Å². The van der Waals surface area contributed by atoms with Crippen molar-refractivity contribution in [3.8, 4) is 0 Å². The first-order chi connectivity index (χ1) is 19.4. The van der Waals surface area contributed by atoms with Gasteiger partial charge in [-0.05, 0) is 37.0 Å². The standard InChI is InChI=1S/2C7H6O2.C6H13NO2.C5H12N2O2.I3.I2.HI.Y/c2*8-7(9)6-4-2-1-3-5-6;1-2-3-4-5(7)6(8)9;6-3-1-2-4(7)5(8)9;1-3-2;1-2;;/h2*1-5H,(H,8,9);5H,2-4,7H2,1H3,(H,8,9);4H,1-3,6-7H2,(H,8,9);;;1H;/q;;;;-1;;;/t;;5-;4-;;;;/m..00..../s1. The molecule has 2 atom stereocenters. The Morgan fingerprint density at radius 1 is 0.814 bits per heavy atom. The second kappa shape index (κ2) is 43.7. The Labute approximate surface area is 348 Å². The van der Waals surface area contributed by atoms with E-state index in [1.165, 1.54) is 12.1 Å². The Morgan fingerprint density at radius 2 is 1.14 bits per heavy atom. The SMILES string of the molecule is CCCC[C@H](N)C(=O)O.I.II.I[I-]I.N[C@@H](CCC[NH3+])C(=O)O.O=C(O)c1ccccc1.O=C([O-])c1ccccc1.[Y]. The second-order valence-electron chi connectivity index (χ2n) is 7.41. The van der Waals surface area contributed by atoms with Crippen molar-refractivity contribution in [2.75, 3.05) is 6.54 Å². The third kappa shape index (κ3) is 43.7. The zero-order chi connectivity index (χ0) is 32.6. The summed E-state index contributed by atoms with van der Waals surface area (Å²) in [5, 5.41) is 35.0. The van der Waals surface area contributed by atoms with Gasteiger partial charge in [-0.1, -0.05) is 68.3 Å². The molecule has 0 aromatic heterocycles. The molecule has 0 aliphatic heterocycles. The van der Waals surface area contributed by atoms with Crippen LogP contribution in [0.15, 0.2) is 60.7 Å². The van der Waals surface area contributed by atoms with Gasteiger partial charge in [0.25, 0.3) is 0 Å². The number of aromatic carboxylic acids is 2. The van der Waals surface area contributed by atoms with Gasteiger partial charge in [0, 0.05) is 69.9 Å². The van der Waals surface area contributed by atoms with Crippen LogP contribution in [0.4, 0.5) is 0 Å². The van der Waals surface area contributed by atoms with Gasteiger partial charge in [0.1, 0.15) is 12.1 Å². The molecule has 0 fully saturated rings. The molecule has 1 radical (unpaired) electrons. The molecule has 0 unspecified atom stereocenters. The minimum atomic E-state index is -1.13. The average Bonchev–Trinajstić information content (AvgIpc) is 2.97. The Hall–Kier alpha value is 1.68. The summed E-state index contributed by atoms with van der Waals surface area (Å²) in [4.78, 5) is 40.4. The van der Waals surface area contributed by atoms with E-state index >= 15 is 0 Å². The molecular formula is C25H38I6N3O8Y-. The normalized spacial score (nSPS) is 9.86. The van der Waals surface area contributed by atoms with Crippen molar-refractivity contribution in [3.05, 3.63) is 71.8 Å². The molecule has 0 amide bonds. The van der Waals surface area contributed by atoms with E-state index in [1.54, 1.807) is 48.5 Å². The van der Waals surface area contributed by atoms with Gasteiger partial charge in [-0.25, -0.2) is 4.79 Å². The molecule has 10 N–H and O–H groups in total. The molecule has 0 spiro atoms. The van der Waals surface area contributed by atoms with Crippen molar-refractivity contribution in [2.45, 2.75) is 51.1 Å². The molecule has 0 heterocycles. The molecule has 247 valence electrons. The van der Waals surface area contributed by atoms with E-state index in [2.05, 4.69) is 80.2 Å². The van der Waals surface area contributed by atoms with Gasteiger partial charge in [-0.3, -0.25) is 9.59 Å². The van der Waals surface area contributed by atoms with Gasteiger partial charge >= 0.3 is 68.4 Å². The number of rotatable bonds is 10. The van der Waals surface area contributed by atoms with Crippen molar-refractivity contribution < 1.29 is 91.3 Å². The zero-order valence-corrected chi connectivity index (χ0v) is 39.2. The third-order valence-corrected chi connectivity index (χ3v) is 4.30. The van der Waals surface area contributed by atoms with E-state index in [4.69, 9.17) is 26.8 Å². The number of carboxylic acids is 4. The van der Waals surface area contributed by atoms with Crippen LogP contribution < -0.4 is 35.6 Å². The summed E-state index contributed by atoms with van der Waals surface area (Å²) in [6.07, 6.45) is 3.80. The number of unbranched alkanes of at least 4 members (excludes halogenated alkanes) is 1. The van der Waals surface area contributed by atoms with E-state index in [1.807, 2.05) is 6.92 Å². The number of aliphatic carboxylic acids is 2. The topological polar surface area (TPSA) is 232 Å². The van der Waals surface area contributed by atoms with Gasteiger partial charge in [-0.2, -0.15) is 0 Å². The van der Waals surface area contributed by atoms with Gasteiger partial charge in [-0.15, -0.1) is 24.0 Å². The van der Waals surface area contributed by atoms with Crippen molar-refractivity contribution >= 4 is 122 Å². The number of carbonyl (C=O) groups is 4. The Morgan fingerprint density at radius 3 is 1.35 bits per heavy atom. The van der Waals surface area contributed by atoms with Crippen molar-refractivity contribution in [1.29, 1.82) is 0 Å². The summed E-state index contributed by atoms with van der Waals surface area (Å²) in [6.45, 7) is 2.76. The van der Waals surface area contributed by atoms with Crippen LogP contribution in [-0.4, -0.2) is 57.8 Å². The van der Waals surface area contributed by atoms with Crippen LogP contribution in [-0.2, 0) is 42.3 Å². The molecule has 0 saturated heterocycles. The molecular weight excluding hydrogens is 1320 g/mol. The number of carboxylic acid groups (broad SMARTS) is 4. The fraction of sp³-hybridized carbons (Fsp3) is 0.360. The van der Waals surface area contributed by atoms with Gasteiger partial charge < -0.3 is 42.4 Å². The minimum absolute atomic E-state index is 0. The maximum absolute atomic E-state index is 10.2. The van der Waals surface area contributed by atoms with E-state index in [-0.39, 0.29) is 62.2 Å². The van der Waals surface area contributed by atoms with Crippen LogP contribution in [0.5, 0.6) is 0 Å². The summed E-state index contributed by atoms with van der Waals surface area (Å²) >= 11 is 9.54. The Balaban J connectivity index is -0.0000000994. The number of hydrogen-bond acceptors (Lipinski definition) is 7. The number of carbonyl (C=O) groups excluding carboxylic acids is 1. The Kier molecular flexibility index (Phi) is 57.9. The summed E-state index contributed by atoms with van der Waals surface area (Å²) in [5.74, 6) is -3.84. The van der Waals surface area contributed by atoms with Crippen LogP contribution in [0.25, 0.3) is 0 Å². The first-order valence-corrected chi connectivity index (χ1v) is 30.6. The van der Waals surface area contributed by atoms with Crippen LogP contribution >= 0.6 is 98.4 Å². The largest absolute Gasteiger partial charge is 0.545 e. The predicted molar refractivity (Wildman–Crippen MR) is 203 cm³/mol. The molecule has 0 saturated carbocycles. The van der Waals surface area contributed by atoms with Crippen LogP contribution in [0.3, 0.4) is 0 Å². The van der Waals surface area contributed by atoms with Crippen LogP contribution in [0, 0.1) is 0 Å². The van der Waals surface area contributed by atoms with E-state index in [9.17, 15) is 24.3 Å². The fourth-order valence-corrected chi connectivity index (χ4v) is 2.19. The van der Waals surface area contributed by atoms with Crippen molar-refractivity contribution in [2.24, 2.45) is 11.5 Å². The Bertz CT molecular complexity index is 853. The molecule has 0 aliphatic carbocycles. The van der Waals surface area contributed by atoms with Gasteiger partial charge in [0.2, 0.25) is 0 Å². The summed E-state index contributed by atoms with van der Waals surface area (Å²) in [7, 11) is 0. The van der Waals surface area contributed by atoms with Crippen molar-refractivity contribution in [3.63, 3.8) is 0 Å².